The number of anilines is 1. The van der Waals surface area contributed by atoms with E-state index in [9.17, 15) is 23.6 Å². The van der Waals surface area contributed by atoms with Crippen LogP contribution in [0.3, 0.4) is 0 Å². The number of hydrogen-bond acceptors (Lipinski definition) is 4. The molecule has 2 aliphatic carbocycles. The lowest BCUT2D eigenvalue weighted by atomic mass is 9.77. The number of nitrogens with one attached hydrogen (secondary N) is 2. The van der Waals surface area contributed by atoms with Gasteiger partial charge in [0.05, 0.1) is 0 Å². The Balaban J connectivity index is 1.33. The molecule has 2 fully saturated rings. The second kappa shape index (κ2) is 9.61. The van der Waals surface area contributed by atoms with E-state index in [1.807, 2.05) is 25.1 Å². The summed E-state index contributed by atoms with van der Waals surface area (Å²) in [4.78, 5) is 54.3. The molecule has 3 aliphatic rings. The molecule has 5 amide bonds. The van der Waals surface area contributed by atoms with Crippen LogP contribution >= 0.6 is 0 Å². The quantitative estimate of drug-likeness (QED) is 0.563. The van der Waals surface area contributed by atoms with E-state index in [2.05, 4.69) is 10.6 Å². The number of carbonyl (C=O) groups excluding carboxylic acids is 4. The van der Waals surface area contributed by atoms with Crippen LogP contribution in [0.5, 0.6) is 0 Å². The average Bonchev–Trinajstić information content (AvgIpc) is 3.68. The molecule has 2 aromatic carbocycles. The number of fused-ring (bicyclic) bond motifs is 1. The van der Waals surface area contributed by atoms with Crippen LogP contribution in [0, 0.1) is 11.7 Å². The molecule has 2 atom stereocenters. The number of nitrogens with zero attached hydrogens (tertiary/aromatic N) is 2. The molecule has 0 radical (unpaired) electrons. The molecule has 9 heteroatoms. The minimum atomic E-state index is -1.11. The smallest absolute Gasteiger partial charge is 0.325 e. The fourth-order valence-electron chi connectivity index (χ4n) is 5.49. The maximum absolute atomic E-state index is 13.6. The highest BCUT2D eigenvalue weighted by Crippen LogP contribution is 2.37. The maximum atomic E-state index is 13.6. The topological polar surface area (TPSA) is 98.8 Å². The Hall–Kier alpha value is -3.75. The molecule has 8 nitrogen and oxygen atoms in total. The van der Waals surface area contributed by atoms with Gasteiger partial charge in [-0.25, -0.2) is 9.18 Å². The van der Waals surface area contributed by atoms with Gasteiger partial charge < -0.3 is 15.5 Å². The van der Waals surface area contributed by atoms with E-state index in [0.717, 1.165) is 34.4 Å². The number of rotatable bonds is 7. The lowest BCUT2D eigenvalue weighted by Gasteiger charge is -2.33. The van der Waals surface area contributed by atoms with Gasteiger partial charge in [-0.05, 0) is 79.5 Å². The van der Waals surface area contributed by atoms with Crippen molar-refractivity contribution in [2.24, 2.45) is 5.92 Å². The molecule has 0 bridgehead atoms. The molecule has 2 N–H and O–H groups in total. The number of urea groups is 1. The third-order valence-corrected chi connectivity index (χ3v) is 7.76. The first-order valence-corrected chi connectivity index (χ1v) is 12.7. The van der Waals surface area contributed by atoms with Gasteiger partial charge >= 0.3 is 6.03 Å². The zero-order valence-electron chi connectivity index (χ0n) is 21.1. The molecule has 2 aromatic rings. The molecular formula is C28H31FN4O4. The molecule has 1 spiro atoms. The Morgan fingerprint density at radius 2 is 1.89 bits per heavy atom. The lowest BCUT2D eigenvalue weighted by molar-refractivity contribution is -0.141. The number of aryl methyl sites for hydroxylation is 1. The van der Waals surface area contributed by atoms with Crippen LogP contribution < -0.4 is 10.6 Å². The standard InChI is InChI=1S/C28H31FN4O4/c1-17(20-5-6-20)32(15-19-3-8-23(29)9-4-19)25(35)16-33-26(36)28(31-27(33)37)12-11-21-7-10-24(30-18(2)34)13-22(21)14-28/h3-4,7-10,13,17,20H,5-6,11-12,14-16H2,1-2H3,(H,30,34)(H,31,37)/t17-,28?/m0/s1. The normalized spacial score (nSPS) is 21.4. The van der Waals surface area contributed by atoms with Crippen molar-refractivity contribution >= 4 is 29.4 Å². The fourth-order valence-corrected chi connectivity index (χ4v) is 5.49. The summed E-state index contributed by atoms with van der Waals surface area (Å²) < 4.78 is 13.4. The van der Waals surface area contributed by atoms with Crippen molar-refractivity contribution in [2.45, 2.75) is 64.1 Å². The Kier molecular flexibility index (Phi) is 6.47. The monoisotopic (exact) mass is 506 g/mol. The van der Waals surface area contributed by atoms with Gasteiger partial charge in [0, 0.05) is 31.6 Å². The molecule has 1 aliphatic heterocycles. The van der Waals surface area contributed by atoms with Gasteiger partial charge in [0.15, 0.2) is 0 Å². The molecule has 37 heavy (non-hydrogen) atoms. The SMILES string of the molecule is CC(=O)Nc1ccc2c(c1)CC1(CC2)NC(=O)N(CC(=O)N(Cc2ccc(F)cc2)[C@@H](C)C2CC2)C1=O. The summed E-state index contributed by atoms with van der Waals surface area (Å²) in [7, 11) is 0. The zero-order valence-corrected chi connectivity index (χ0v) is 21.1. The third kappa shape index (κ3) is 5.08. The minimum absolute atomic E-state index is 0.0546. The van der Waals surface area contributed by atoms with E-state index in [-0.39, 0.29) is 36.8 Å². The largest absolute Gasteiger partial charge is 0.334 e. The summed E-state index contributed by atoms with van der Waals surface area (Å²) in [5.41, 5.74) is 2.27. The van der Waals surface area contributed by atoms with Crippen molar-refractivity contribution in [1.29, 1.82) is 0 Å². The highest BCUT2D eigenvalue weighted by Gasteiger charge is 2.53. The van der Waals surface area contributed by atoms with E-state index in [1.54, 1.807) is 17.0 Å². The predicted octanol–water partition coefficient (Wildman–Crippen LogP) is 3.39. The summed E-state index contributed by atoms with van der Waals surface area (Å²) in [6, 6.07) is 11.0. The van der Waals surface area contributed by atoms with Gasteiger partial charge in [-0.2, -0.15) is 0 Å². The lowest BCUT2D eigenvalue weighted by Crippen LogP contribution is -2.52. The second-order valence-corrected chi connectivity index (χ2v) is 10.5. The Bertz CT molecular complexity index is 1260. The van der Waals surface area contributed by atoms with E-state index in [1.165, 1.54) is 19.1 Å². The van der Waals surface area contributed by atoms with E-state index < -0.39 is 17.5 Å². The van der Waals surface area contributed by atoms with Crippen molar-refractivity contribution in [3.8, 4) is 0 Å². The zero-order chi connectivity index (χ0) is 26.3. The van der Waals surface area contributed by atoms with Crippen molar-refractivity contribution in [1.82, 2.24) is 15.1 Å². The van der Waals surface area contributed by atoms with E-state index >= 15 is 0 Å². The first-order chi connectivity index (χ1) is 17.6. The highest BCUT2D eigenvalue weighted by molar-refractivity contribution is 6.09. The Morgan fingerprint density at radius 1 is 1.16 bits per heavy atom. The summed E-state index contributed by atoms with van der Waals surface area (Å²) >= 11 is 0. The Morgan fingerprint density at radius 3 is 2.57 bits per heavy atom. The Labute approximate surface area is 215 Å². The molecule has 1 saturated carbocycles. The number of imide groups is 1. The van der Waals surface area contributed by atoms with Gasteiger partial charge in [-0.15, -0.1) is 0 Å². The summed E-state index contributed by atoms with van der Waals surface area (Å²) in [6.45, 7) is 3.35. The van der Waals surface area contributed by atoms with Crippen LogP contribution in [0.4, 0.5) is 14.9 Å². The molecule has 1 saturated heterocycles. The summed E-state index contributed by atoms with van der Waals surface area (Å²) in [5.74, 6) is -0.868. The maximum Gasteiger partial charge on any atom is 0.325 e. The molecular weight excluding hydrogens is 475 g/mol. The fraction of sp³-hybridized carbons (Fsp3) is 0.429. The van der Waals surface area contributed by atoms with Crippen LogP contribution in [0.1, 0.15) is 49.8 Å². The van der Waals surface area contributed by atoms with Crippen LogP contribution in [-0.2, 0) is 33.8 Å². The summed E-state index contributed by atoms with van der Waals surface area (Å²) in [5, 5.41) is 5.63. The van der Waals surface area contributed by atoms with E-state index in [4.69, 9.17) is 0 Å². The first-order valence-electron chi connectivity index (χ1n) is 12.7. The number of benzene rings is 2. The number of carbonyl (C=O) groups is 4. The molecule has 0 aromatic heterocycles. The van der Waals surface area contributed by atoms with Crippen LogP contribution in [0.2, 0.25) is 0 Å². The second-order valence-electron chi connectivity index (χ2n) is 10.5. The van der Waals surface area contributed by atoms with Crippen LogP contribution in [-0.4, -0.2) is 51.7 Å². The van der Waals surface area contributed by atoms with Crippen LogP contribution in [0.15, 0.2) is 42.5 Å². The third-order valence-electron chi connectivity index (χ3n) is 7.76. The molecule has 1 heterocycles. The summed E-state index contributed by atoms with van der Waals surface area (Å²) in [6.07, 6.45) is 3.38. The van der Waals surface area contributed by atoms with Gasteiger partial charge in [0.25, 0.3) is 5.91 Å². The van der Waals surface area contributed by atoms with Crippen molar-refractivity contribution in [2.75, 3.05) is 11.9 Å². The van der Waals surface area contributed by atoms with Gasteiger partial charge in [0.2, 0.25) is 11.8 Å². The number of hydrogen-bond donors (Lipinski definition) is 2. The first kappa shape index (κ1) is 24.9. The van der Waals surface area contributed by atoms with Crippen LogP contribution in [0.25, 0.3) is 0 Å². The molecule has 194 valence electrons. The van der Waals surface area contributed by atoms with Crippen molar-refractivity contribution in [3.05, 3.63) is 65.0 Å². The molecule has 1 unspecified atom stereocenters. The van der Waals surface area contributed by atoms with Crippen molar-refractivity contribution < 1.29 is 23.6 Å². The van der Waals surface area contributed by atoms with Crippen molar-refractivity contribution in [3.63, 3.8) is 0 Å². The number of amides is 5. The van der Waals surface area contributed by atoms with Gasteiger partial charge in [-0.1, -0.05) is 18.2 Å². The minimum Gasteiger partial charge on any atom is -0.334 e. The molecule has 5 rings (SSSR count). The highest BCUT2D eigenvalue weighted by atomic mass is 19.1. The number of halogens is 1. The van der Waals surface area contributed by atoms with E-state index in [0.29, 0.717) is 30.9 Å². The van der Waals surface area contributed by atoms with Gasteiger partial charge in [0.1, 0.15) is 17.9 Å². The predicted molar refractivity (Wildman–Crippen MR) is 135 cm³/mol. The van der Waals surface area contributed by atoms with Gasteiger partial charge in [-0.3, -0.25) is 19.3 Å². The average molecular weight is 507 g/mol.